The highest BCUT2D eigenvalue weighted by atomic mass is 16.3. The summed E-state index contributed by atoms with van der Waals surface area (Å²) in [5.41, 5.74) is 6.86. The number of nitrogens with zero attached hydrogens (tertiary/aromatic N) is 1. The largest absolute Gasteiger partial charge is 0.394 e. The average Bonchev–Trinajstić information content (AvgIpc) is 2.05. The molecule has 0 spiro atoms. The van der Waals surface area contributed by atoms with Gasteiger partial charge in [0, 0.05) is 6.20 Å². The number of hydrogen-bond acceptors (Lipinski definition) is 3. The number of aliphatic hydroxyl groups excluding tert-OH is 1. The van der Waals surface area contributed by atoms with E-state index in [0.717, 1.165) is 11.3 Å². The van der Waals surface area contributed by atoms with Crippen LogP contribution in [0.4, 0.5) is 0 Å². The standard InChI is InChI=1S/C9H14N2O/c1-7-4-3-5-11-8(7)9(2,10)6-12/h3-5,12H,6,10H2,1-2H3/t9-/m1/s1. The lowest BCUT2D eigenvalue weighted by molar-refractivity contribution is 0.206. The number of nitrogens with two attached hydrogens (primary N) is 1. The van der Waals surface area contributed by atoms with Crippen molar-refractivity contribution >= 4 is 0 Å². The van der Waals surface area contributed by atoms with Crippen molar-refractivity contribution in [3.8, 4) is 0 Å². The third kappa shape index (κ3) is 1.62. The molecule has 0 radical (unpaired) electrons. The summed E-state index contributed by atoms with van der Waals surface area (Å²) in [6.07, 6.45) is 1.68. The minimum absolute atomic E-state index is 0.0924. The molecule has 12 heavy (non-hydrogen) atoms. The first kappa shape index (κ1) is 9.16. The fraction of sp³-hybridized carbons (Fsp3) is 0.444. The summed E-state index contributed by atoms with van der Waals surface area (Å²) in [6.45, 7) is 3.61. The fourth-order valence-corrected chi connectivity index (χ4v) is 1.16. The van der Waals surface area contributed by atoms with Gasteiger partial charge in [0.05, 0.1) is 17.8 Å². The highest BCUT2D eigenvalue weighted by molar-refractivity contribution is 5.24. The Balaban J connectivity index is 3.10. The Morgan fingerprint density at radius 3 is 2.83 bits per heavy atom. The molecule has 0 fully saturated rings. The van der Waals surface area contributed by atoms with Gasteiger partial charge in [-0.3, -0.25) is 4.98 Å². The molecule has 0 saturated heterocycles. The Morgan fingerprint density at radius 1 is 1.67 bits per heavy atom. The maximum atomic E-state index is 9.01. The van der Waals surface area contributed by atoms with Crippen molar-refractivity contribution < 1.29 is 5.11 Å². The summed E-state index contributed by atoms with van der Waals surface area (Å²) in [4.78, 5) is 4.14. The quantitative estimate of drug-likeness (QED) is 0.674. The molecule has 0 aliphatic rings. The number of rotatable bonds is 2. The van der Waals surface area contributed by atoms with Crippen molar-refractivity contribution in [2.45, 2.75) is 19.4 Å². The van der Waals surface area contributed by atoms with Gasteiger partial charge in [-0.05, 0) is 25.5 Å². The van der Waals surface area contributed by atoms with Gasteiger partial charge in [0.15, 0.2) is 0 Å². The molecule has 3 nitrogen and oxygen atoms in total. The monoisotopic (exact) mass is 166 g/mol. The zero-order valence-electron chi connectivity index (χ0n) is 7.41. The van der Waals surface area contributed by atoms with Gasteiger partial charge in [0.1, 0.15) is 0 Å². The van der Waals surface area contributed by atoms with Gasteiger partial charge in [-0.2, -0.15) is 0 Å². The van der Waals surface area contributed by atoms with E-state index in [1.807, 2.05) is 19.1 Å². The molecule has 66 valence electrons. The molecule has 0 amide bonds. The molecule has 0 bridgehead atoms. The van der Waals surface area contributed by atoms with Crippen LogP contribution in [-0.2, 0) is 5.54 Å². The number of aryl methyl sites for hydroxylation is 1. The van der Waals surface area contributed by atoms with Crippen molar-refractivity contribution in [3.63, 3.8) is 0 Å². The summed E-state index contributed by atoms with van der Waals surface area (Å²) >= 11 is 0. The predicted molar refractivity (Wildman–Crippen MR) is 47.6 cm³/mol. The summed E-state index contributed by atoms with van der Waals surface area (Å²) < 4.78 is 0. The molecule has 3 N–H and O–H groups in total. The smallest absolute Gasteiger partial charge is 0.0791 e. The van der Waals surface area contributed by atoms with Gasteiger partial charge in [-0.1, -0.05) is 6.07 Å². The zero-order chi connectivity index (χ0) is 9.19. The Labute approximate surface area is 72.2 Å². The van der Waals surface area contributed by atoms with Gasteiger partial charge in [0.2, 0.25) is 0 Å². The van der Waals surface area contributed by atoms with Crippen molar-refractivity contribution in [1.29, 1.82) is 0 Å². The fourth-order valence-electron chi connectivity index (χ4n) is 1.16. The molecule has 1 atom stereocenters. The Morgan fingerprint density at radius 2 is 2.33 bits per heavy atom. The van der Waals surface area contributed by atoms with Crippen LogP contribution in [0.2, 0.25) is 0 Å². The van der Waals surface area contributed by atoms with Gasteiger partial charge < -0.3 is 10.8 Å². The Hall–Kier alpha value is -0.930. The molecular weight excluding hydrogens is 152 g/mol. The van der Waals surface area contributed by atoms with E-state index in [0.29, 0.717) is 0 Å². The van der Waals surface area contributed by atoms with Crippen LogP contribution in [0.1, 0.15) is 18.2 Å². The van der Waals surface area contributed by atoms with Crippen molar-refractivity contribution in [1.82, 2.24) is 4.98 Å². The summed E-state index contributed by atoms with van der Waals surface area (Å²) in [5, 5.41) is 9.01. The van der Waals surface area contributed by atoms with Crippen LogP contribution < -0.4 is 5.73 Å². The Kier molecular flexibility index (Phi) is 2.45. The maximum absolute atomic E-state index is 9.01. The van der Waals surface area contributed by atoms with E-state index >= 15 is 0 Å². The molecule has 1 heterocycles. The van der Waals surface area contributed by atoms with Gasteiger partial charge in [0.25, 0.3) is 0 Å². The topological polar surface area (TPSA) is 59.1 Å². The second kappa shape index (κ2) is 3.21. The van der Waals surface area contributed by atoms with Crippen molar-refractivity contribution in [3.05, 3.63) is 29.6 Å². The lowest BCUT2D eigenvalue weighted by Crippen LogP contribution is -2.38. The molecule has 0 unspecified atom stereocenters. The first-order valence-corrected chi connectivity index (χ1v) is 3.90. The summed E-state index contributed by atoms with van der Waals surface area (Å²) in [7, 11) is 0. The van der Waals surface area contributed by atoms with E-state index in [4.69, 9.17) is 10.8 Å². The number of aliphatic hydroxyl groups is 1. The molecule has 0 aliphatic carbocycles. The lowest BCUT2D eigenvalue weighted by atomic mass is 9.96. The van der Waals surface area contributed by atoms with E-state index in [1.165, 1.54) is 0 Å². The van der Waals surface area contributed by atoms with E-state index in [2.05, 4.69) is 4.98 Å². The van der Waals surface area contributed by atoms with E-state index in [9.17, 15) is 0 Å². The third-order valence-corrected chi connectivity index (χ3v) is 1.88. The number of aromatic nitrogens is 1. The Bertz CT molecular complexity index is 271. The summed E-state index contributed by atoms with van der Waals surface area (Å²) in [5.74, 6) is 0. The van der Waals surface area contributed by atoms with Gasteiger partial charge in [-0.25, -0.2) is 0 Å². The first-order valence-electron chi connectivity index (χ1n) is 3.90. The molecular formula is C9H14N2O. The zero-order valence-corrected chi connectivity index (χ0v) is 7.41. The lowest BCUT2D eigenvalue weighted by Gasteiger charge is -2.22. The van der Waals surface area contributed by atoms with Crippen LogP contribution in [0.25, 0.3) is 0 Å². The molecule has 1 rings (SSSR count). The average molecular weight is 166 g/mol. The van der Waals surface area contributed by atoms with Crippen LogP contribution in [0, 0.1) is 6.92 Å². The minimum Gasteiger partial charge on any atom is -0.394 e. The van der Waals surface area contributed by atoms with Crippen molar-refractivity contribution in [2.24, 2.45) is 5.73 Å². The molecule has 1 aromatic heterocycles. The van der Waals surface area contributed by atoms with Gasteiger partial charge in [-0.15, -0.1) is 0 Å². The number of pyridine rings is 1. The van der Waals surface area contributed by atoms with Crippen molar-refractivity contribution in [2.75, 3.05) is 6.61 Å². The van der Waals surface area contributed by atoms with Crippen LogP contribution in [0.3, 0.4) is 0 Å². The highest BCUT2D eigenvalue weighted by Gasteiger charge is 2.22. The number of hydrogen-bond donors (Lipinski definition) is 2. The van der Waals surface area contributed by atoms with E-state index < -0.39 is 5.54 Å². The van der Waals surface area contributed by atoms with Crippen LogP contribution in [-0.4, -0.2) is 16.7 Å². The molecule has 0 saturated carbocycles. The van der Waals surface area contributed by atoms with Crippen LogP contribution in [0.15, 0.2) is 18.3 Å². The predicted octanol–water partition coefficient (Wildman–Crippen LogP) is 0.556. The van der Waals surface area contributed by atoms with E-state index in [1.54, 1.807) is 13.1 Å². The minimum atomic E-state index is -0.731. The maximum Gasteiger partial charge on any atom is 0.0791 e. The molecule has 1 aromatic rings. The summed E-state index contributed by atoms with van der Waals surface area (Å²) in [6, 6.07) is 3.79. The second-order valence-electron chi connectivity index (χ2n) is 3.24. The molecule has 3 heteroatoms. The second-order valence-corrected chi connectivity index (χ2v) is 3.24. The molecule has 0 aliphatic heterocycles. The normalized spacial score (nSPS) is 15.7. The van der Waals surface area contributed by atoms with Gasteiger partial charge >= 0.3 is 0 Å². The highest BCUT2D eigenvalue weighted by Crippen LogP contribution is 2.17. The van der Waals surface area contributed by atoms with Crippen LogP contribution >= 0.6 is 0 Å². The third-order valence-electron chi connectivity index (χ3n) is 1.88. The van der Waals surface area contributed by atoms with E-state index in [-0.39, 0.29) is 6.61 Å². The SMILES string of the molecule is Cc1cccnc1[C@](C)(N)CO. The van der Waals surface area contributed by atoms with Crippen LogP contribution in [0.5, 0.6) is 0 Å². The first-order chi connectivity index (χ1) is 5.58. The molecule has 0 aromatic carbocycles.